The van der Waals surface area contributed by atoms with Gasteiger partial charge in [0, 0.05) is 37.2 Å². The van der Waals surface area contributed by atoms with Crippen LogP contribution in [0.3, 0.4) is 0 Å². The van der Waals surface area contributed by atoms with E-state index in [1.54, 1.807) is 17.1 Å². The van der Waals surface area contributed by atoms with Gasteiger partial charge in [0.25, 0.3) is 5.89 Å². The maximum Gasteiger partial charge on any atom is 0.263 e. The number of carbonyl (C=O) groups excluding carboxylic acids is 1. The lowest BCUT2D eigenvalue weighted by Gasteiger charge is -2.18. The maximum atomic E-state index is 13.2. The fourth-order valence-electron chi connectivity index (χ4n) is 4.74. The van der Waals surface area contributed by atoms with Gasteiger partial charge in [-0.15, -0.1) is 0 Å². The summed E-state index contributed by atoms with van der Waals surface area (Å²) in [5.74, 6) is 1.26. The minimum atomic E-state index is -0.169. The number of benzene rings is 1. The van der Waals surface area contributed by atoms with Crippen LogP contribution in [0.4, 0.5) is 11.6 Å². The minimum absolute atomic E-state index is 0.0611. The molecule has 0 spiro atoms. The molecule has 4 heterocycles. The summed E-state index contributed by atoms with van der Waals surface area (Å²) in [7, 11) is 1.86. The fraction of sp³-hybridized carbons (Fsp3) is 0.429. The molecule has 198 valence electrons. The fourth-order valence-corrected chi connectivity index (χ4v) is 4.74. The van der Waals surface area contributed by atoms with E-state index in [-0.39, 0.29) is 23.0 Å². The van der Waals surface area contributed by atoms with Gasteiger partial charge in [0.2, 0.25) is 11.7 Å². The third-order valence-corrected chi connectivity index (χ3v) is 6.95. The van der Waals surface area contributed by atoms with E-state index in [9.17, 15) is 4.79 Å². The first-order chi connectivity index (χ1) is 18.2. The standard InChI is InChI=1S/C28H34N8O2/c1-6-36-10-9-18(12-23(37)26-33-24(16-38-26)28(2,3)4)22-8-7-19(11-20(22)14-36)25-29-17-30-27(34-25)32-21-13-31-35(5)15-21/h7-8,11,13,15-18H,6,9-10,12,14H2,1-5H3,(H,29,30,32,34)/t18-/m0/s1. The molecule has 0 fully saturated rings. The maximum absolute atomic E-state index is 13.2. The van der Waals surface area contributed by atoms with Gasteiger partial charge in [0.15, 0.2) is 5.82 Å². The lowest BCUT2D eigenvalue weighted by molar-refractivity contribution is 0.0937. The van der Waals surface area contributed by atoms with E-state index in [1.807, 2.05) is 19.3 Å². The van der Waals surface area contributed by atoms with Crippen molar-refractivity contribution < 1.29 is 9.21 Å². The highest BCUT2D eigenvalue weighted by atomic mass is 16.3. The van der Waals surface area contributed by atoms with Gasteiger partial charge in [0.1, 0.15) is 12.6 Å². The first-order valence-electron chi connectivity index (χ1n) is 13.0. The summed E-state index contributed by atoms with van der Waals surface area (Å²) in [4.78, 5) is 33.4. The Labute approximate surface area is 222 Å². The van der Waals surface area contributed by atoms with E-state index in [0.29, 0.717) is 18.2 Å². The van der Waals surface area contributed by atoms with Gasteiger partial charge in [-0.2, -0.15) is 10.1 Å². The largest absolute Gasteiger partial charge is 0.442 e. The number of aromatic nitrogens is 6. The van der Waals surface area contributed by atoms with E-state index < -0.39 is 0 Å². The van der Waals surface area contributed by atoms with Gasteiger partial charge in [-0.1, -0.05) is 39.8 Å². The number of oxazole rings is 1. The van der Waals surface area contributed by atoms with Crippen LogP contribution in [-0.4, -0.2) is 53.5 Å². The summed E-state index contributed by atoms with van der Waals surface area (Å²) in [6.45, 7) is 11.0. The highest BCUT2D eigenvalue weighted by molar-refractivity contribution is 5.92. The molecule has 0 saturated heterocycles. The first kappa shape index (κ1) is 25.7. The van der Waals surface area contributed by atoms with Crippen LogP contribution in [-0.2, 0) is 19.0 Å². The summed E-state index contributed by atoms with van der Waals surface area (Å²) < 4.78 is 7.29. The van der Waals surface area contributed by atoms with Crippen molar-refractivity contribution in [3.63, 3.8) is 0 Å². The van der Waals surface area contributed by atoms with Gasteiger partial charge < -0.3 is 9.73 Å². The molecule has 0 saturated carbocycles. The molecule has 1 N–H and O–H groups in total. The average Bonchev–Trinajstić information content (AvgIpc) is 3.51. The number of Topliss-reactive ketones (excluding diaryl/α,β-unsaturated/α-hetero) is 1. The Morgan fingerprint density at radius 1 is 1.21 bits per heavy atom. The Morgan fingerprint density at radius 3 is 2.76 bits per heavy atom. The molecule has 10 nitrogen and oxygen atoms in total. The third-order valence-electron chi connectivity index (χ3n) is 6.95. The van der Waals surface area contributed by atoms with Crippen LogP contribution in [0.15, 0.2) is 47.6 Å². The zero-order chi connectivity index (χ0) is 26.9. The van der Waals surface area contributed by atoms with Gasteiger partial charge in [0.05, 0.1) is 17.6 Å². The van der Waals surface area contributed by atoms with Crippen LogP contribution in [0.2, 0.25) is 0 Å². The number of hydrogen-bond acceptors (Lipinski definition) is 9. The summed E-state index contributed by atoms with van der Waals surface area (Å²) in [5, 5.41) is 7.34. The van der Waals surface area contributed by atoms with Crippen molar-refractivity contribution in [2.24, 2.45) is 7.05 Å². The van der Waals surface area contributed by atoms with E-state index in [1.165, 1.54) is 17.5 Å². The zero-order valence-electron chi connectivity index (χ0n) is 22.6. The molecule has 10 heteroatoms. The van der Waals surface area contributed by atoms with Gasteiger partial charge >= 0.3 is 0 Å². The first-order valence-corrected chi connectivity index (χ1v) is 13.0. The molecular formula is C28H34N8O2. The number of hydrogen-bond donors (Lipinski definition) is 1. The molecule has 38 heavy (non-hydrogen) atoms. The molecule has 1 aliphatic rings. The molecule has 1 aliphatic heterocycles. The summed E-state index contributed by atoms with van der Waals surface area (Å²) in [6, 6.07) is 6.30. The Morgan fingerprint density at radius 2 is 2.05 bits per heavy atom. The van der Waals surface area contributed by atoms with Gasteiger partial charge in [-0.25, -0.2) is 15.0 Å². The third kappa shape index (κ3) is 5.65. The van der Waals surface area contributed by atoms with Crippen LogP contribution >= 0.6 is 0 Å². The van der Waals surface area contributed by atoms with Crippen molar-refractivity contribution in [3.05, 3.63) is 65.9 Å². The number of nitrogens with zero attached hydrogens (tertiary/aromatic N) is 7. The molecule has 0 amide bonds. The van der Waals surface area contributed by atoms with Gasteiger partial charge in [-0.3, -0.25) is 14.4 Å². The molecule has 0 unspecified atom stereocenters. The molecule has 1 aromatic carbocycles. The summed E-state index contributed by atoms with van der Waals surface area (Å²) in [6.07, 6.45) is 7.94. The van der Waals surface area contributed by atoms with E-state index in [4.69, 9.17) is 4.42 Å². The quantitative estimate of drug-likeness (QED) is 0.344. The molecule has 0 bridgehead atoms. The number of aryl methyl sites for hydroxylation is 1. The van der Waals surface area contributed by atoms with Crippen molar-refractivity contribution in [3.8, 4) is 11.4 Å². The van der Waals surface area contributed by atoms with Crippen molar-refractivity contribution in [2.45, 2.75) is 58.4 Å². The molecule has 0 radical (unpaired) electrons. The van der Waals surface area contributed by atoms with Crippen LogP contribution < -0.4 is 5.32 Å². The van der Waals surface area contributed by atoms with Crippen LogP contribution in [0.5, 0.6) is 0 Å². The molecule has 3 aromatic heterocycles. The number of nitrogens with one attached hydrogen (secondary N) is 1. The smallest absolute Gasteiger partial charge is 0.263 e. The second-order valence-corrected chi connectivity index (χ2v) is 10.8. The zero-order valence-corrected chi connectivity index (χ0v) is 22.6. The topological polar surface area (TPSA) is 115 Å². The Bertz CT molecular complexity index is 1430. The minimum Gasteiger partial charge on any atom is -0.442 e. The summed E-state index contributed by atoms with van der Waals surface area (Å²) in [5.41, 5.74) is 4.70. The van der Waals surface area contributed by atoms with Crippen LogP contribution in [0.1, 0.15) is 74.0 Å². The second-order valence-electron chi connectivity index (χ2n) is 10.8. The molecule has 0 aliphatic carbocycles. The number of anilines is 2. The molecule has 4 aromatic rings. The average molecular weight is 515 g/mol. The van der Waals surface area contributed by atoms with E-state index in [2.05, 4.69) is 75.1 Å². The van der Waals surface area contributed by atoms with Crippen molar-refractivity contribution in [2.75, 3.05) is 18.4 Å². The lowest BCUT2D eigenvalue weighted by atomic mass is 9.87. The normalized spacial score (nSPS) is 16.2. The highest BCUT2D eigenvalue weighted by Gasteiger charge is 2.28. The second kappa shape index (κ2) is 10.4. The Hall–Kier alpha value is -3.92. The summed E-state index contributed by atoms with van der Waals surface area (Å²) >= 11 is 0. The SMILES string of the molecule is CCN1CC[C@@H](CC(=O)c2nc(C(C)(C)C)co2)c2ccc(-c3ncnc(Nc4cnn(C)c4)n3)cc2C1. The Balaban J connectivity index is 1.40. The molecular weight excluding hydrogens is 480 g/mol. The van der Waals surface area contributed by atoms with Crippen molar-refractivity contribution in [1.29, 1.82) is 0 Å². The number of ketones is 1. The number of rotatable bonds is 7. The molecule has 5 rings (SSSR count). The number of fused-ring (bicyclic) bond motifs is 1. The monoisotopic (exact) mass is 514 g/mol. The van der Waals surface area contributed by atoms with E-state index in [0.717, 1.165) is 43.0 Å². The predicted molar refractivity (Wildman–Crippen MR) is 144 cm³/mol. The van der Waals surface area contributed by atoms with Crippen LogP contribution in [0, 0.1) is 0 Å². The lowest BCUT2D eigenvalue weighted by Crippen LogP contribution is -2.22. The van der Waals surface area contributed by atoms with Crippen molar-refractivity contribution >= 4 is 17.4 Å². The number of carbonyl (C=O) groups is 1. The van der Waals surface area contributed by atoms with Crippen molar-refractivity contribution in [1.82, 2.24) is 34.6 Å². The highest BCUT2D eigenvalue weighted by Crippen LogP contribution is 2.34. The Kier molecular flexibility index (Phi) is 7.07. The van der Waals surface area contributed by atoms with Crippen LogP contribution in [0.25, 0.3) is 11.4 Å². The van der Waals surface area contributed by atoms with E-state index >= 15 is 0 Å². The molecule has 1 atom stereocenters. The van der Waals surface area contributed by atoms with Gasteiger partial charge in [-0.05, 0) is 42.6 Å². The predicted octanol–water partition coefficient (Wildman–Crippen LogP) is 4.88.